The van der Waals surface area contributed by atoms with Gasteiger partial charge in [0, 0.05) is 36.9 Å². The molecule has 9 aromatic rings. The van der Waals surface area contributed by atoms with E-state index < -0.39 is 0 Å². The Bertz CT molecular complexity index is 2570. The molecule has 0 fully saturated rings. The summed E-state index contributed by atoms with van der Waals surface area (Å²) < 4.78 is 2.64. The van der Waals surface area contributed by atoms with Gasteiger partial charge in [0.15, 0.2) is 17.5 Å². The number of hydrogen-bond donors (Lipinski definition) is 0. The van der Waals surface area contributed by atoms with E-state index in [1.54, 1.807) is 0 Å². The van der Waals surface area contributed by atoms with Gasteiger partial charge in [-0.1, -0.05) is 164 Å². The van der Waals surface area contributed by atoms with Crippen molar-refractivity contribution in [1.82, 2.24) is 15.0 Å². The highest BCUT2D eigenvalue weighted by atomic mass is 32.1. The summed E-state index contributed by atoms with van der Waals surface area (Å²) in [6.45, 7) is 0. The van der Waals surface area contributed by atoms with Gasteiger partial charge in [-0.05, 0) is 45.5 Å². The lowest BCUT2D eigenvalue weighted by atomic mass is 9.97. The summed E-state index contributed by atoms with van der Waals surface area (Å²) in [6, 6.07) is 61.6. The molecular formula is C45H29N3S. The Kier molecular flexibility index (Phi) is 7.34. The zero-order chi connectivity index (χ0) is 32.6. The molecule has 0 bridgehead atoms. The number of nitrogens with zero attached hydrogens (tertiary/aromatic N) is 3. The Morgan fingerprint density at radius 1 is 0.306 bits per heavy atom. The highest BCUT2D eigenvalue weighted by Crippen LogP contribution is 2.40. The molecule has 230 valence electrons. The van der Waals surface area contributed by atoms with Crippen LogP contribution in [0.4, 0.5) is 0 Å². The van der Waals surface area contributed by atoms with Gasteiger partial charge < -0.3 is 0 Å². The van der Waals surface area contributed by atoms with Crippen LogP contribution in [-0.4, -0.2) is 15.0 Å². The molecule has 0 radical (unpaired) electrons. The number of rotatable bonds is 6. The van der Waals surface area contributed by atoms with Crippen molar-refractivity contribution in [3.05, 3.63) is 176 Å². The Balaban J connectivity index is 1.07. The summed E-state index contributed by atoms with van der Waals surface area (Å²) in [5.74, 6) is 1.95. The van der Waals surface area contributed by atoms with E-state index >= 15 is 0 Å². The summed E-state index contributed by atoms with van der Waals surface area (Å²) in [6.07, 6.45) is 0. The molecule has 0 saturated carbocycles. The predicted molar refractivity (Wildman–Crippen MR) is 205 cm³/mol. The third-order valence-corrected chi connectivity index (χ3v) is 10.2. The van der Waals surface area contributed by atoms with Crippen LogP contribution >= 0.6 is 11.3 Å². The third-order valence-electron chi connectivity index (χ3n) is 8.97. The van der Waals surface area contributed by atoms with Crippen LogP contribution in [0.2, 0.25) is 0 Å². The van der Waals surface area contributed by atoms with E-state index in [-0.39, 0.29) is 0 Å². The summed E-state index contributed by atoms with van der Waals surface area (Å²) in [5, 5.41) is 2.63. The van der Waals surface area contributed by atoms with E-state index in [9.17, 15) is 0 Å². The van der Waals surface area contributed by atoms with Crippen molar-refractivity contribution in [3.63, 3.8) is 0 Å². The van der Waals surface area contributed by atoms with Crippen LogP contribution in [0.15, 0.2) is 176 Å². The van der Waals surface area contributed by atoms with Crippen LogP contribution in [0.3, 0.4) is 0 Å². The Labute approximate surface area is 288 Å². The first-order chi connectivity index (χ1) is 24.3. The monoisotopic (exact) mass is 643 g/mol. The maximum Gasteiger partial charge on any atom is 0.164 e. The molecule has 0 spiro atoms. The van der Waals surface area contributed by atoms with Gasteiger partial charge in [0.05, 0.1) is 0 Å². The molecule has 7 aromatic carbocycles. The zero-order valence-electron chi connectivity index (χ0n) is 26.5. The molecule has 0 aliphatic heterocycles. The van der Waals surface area contributed by atoms with Crippen molar-refractivity contribution in [3.8, 4) is 67.5 Å². The van der Waals surface area contributed by atoms with Crippen LogP contribution < -0.4 is 0 Å². The van der Waals surface area contributed by atoms with Gasteiger partial charge in [0.2, 0.25) is 0 Å². The lowest BCUT2D eigenvalue weighted by Crippen LogP contribution is -2.00. The smallest absolute Gasteiger partial charge is 0.164 e. The molecule has 0 amide bonds. The topological polar surface area (TPSA) is 38.7 Å². The van der Waals surface area contributed by atoms with Gasteiger partial charge >= 0.3 is 0 Å². The molecule has 2 heterocycles. The van der Waals surface area contributed by atoms with Crippen LogP contribution in [0, 0.1) is 0 Å². The van der Waals surface area contributed by atoms with Crippen LogP contribution in [0.1, 0.15) is 0 Å². The number of thiophene rings is 1. The molecule has 0 unspecified atom stereocenters. The van der Waals surface area contributed by atoms with E-state index in [1.807, 2.05) is 47.7 Å². The quantitative estimate of drug-likeness (QED) is 0.181. The van der Waals surface area contributed by atoms with E-state index in [2.05, 4.69) is 140 Å². The molecule has 49 heavy (non-hydrogen) atoms. The standard InChI is InChI=1S/C45H29N3S/c1-3-11-30(12-4-1)31-21-25-34(26-22-31)44-46-43(33-13-5-2-6-14-33)47-45(48-44)35-27-23-32(24-28-35)36-15-9-16-37(29-36)38-18-10-19-40-39-17-7-8-20-41(39)49-42(38)40/h1-29H. The molecule has 0 aliphatic carbocycles. The summed E-state index contributed by atoms with van der Waals surface area (Å²) >= 11 is 1.86. The van der Waals surface area contributed by atoms with Gasteiger partial charge in [-0.2, -0.15) is 0 Å². The molecule has 3 nitrogen and oxygen atoms in total. The maximum atomic E-state index is 4.98. The van der Waals surface area contributed by atoms with E-state index in [0.717, 1.165) is 27.8 Å². The van der Waals surface area contributed by atoms with Crippen molar-refractivity contribution in [2.45, 2.75) is 0 Å². The fourth-order valence-electron chi connectivity index (χ4n) is 6.45. The first-order valence-corrected chi connectivity index (χ1v) is 17.2. The minimum Gasteiger partial charge on any atom is -0.208 e. The molecule has 4 heteroatoms. The average molecular weight is 644 g/mol. The molecule has 9 rings (SSSR count). The highest BCUT2D eigenvalue weighted by Gasteiger charge is 2.14. The second-order valence-electron chi connectivity index (χ2n) is 12.1. The second-order valence-corrected chi connectivity index (χ2v) is 13.1. The van der Waals surface area contributed by atoms with Crippen molar-refractivity contribution >= 4 is 31.5 Å². The molecule has 0 saturated heterocycles. The summed E-state index contributed by atoms with van der Waals surface area (Å²) in [5.41, 5.74) is 9.96. The SMILES string of the molecule is c1ccc(-c2ccc(-c3nc(-c4ccccc4)nc(-c4ccc(-c5cccc(-c6cccc7c6sc6ccccc67)c5)cc4)n3)cc2)cc1. The molecule has 0 aliphatic rings. The van der Waals surface area contributed by atoms with Gasteiger partial charge in [-0.25, -0.2) is 15.0 Å². The third kappa shape index (κ3) is 5.58. The fraction of sp³-hybridized carbons (Fsp3) is 0. The average Bonchev–Trinajstić information content (AvgIpc) is 3.58. The molecule has 0 N–H and O–H groups in total. The minimum atomic E-state index is 0.646. The van der Waals surface area contributed by atoms with E-state index in [4.69, 9.17) is 15.0 Å². The lowest BCUT2D eigenvalue weighted by molar-refractivity contribution is 1.07. The van der Waals surface area contributed by atoms with Crippen molar-refractivity contribution in [2.75, 3.05) is 0 Å². The Hall–Kier alpha value is -6.23. The van der Waals surface area contributed by atoms with E-state index in [1.165, 1.54) is 42.4 Å². The van der Waals surface area contributed by atoms with Crippen LogP contribution in [-0.2, 0) is 0 Å². The lowest BCUT2D eigenvalue weighted by Gasteiger charge is -2.10. The number of aromatic nitrogens is 3. The van der Waals surface area contributed by atoms with Crippen molar-refractivity contribution in [1.29, 1.82) is 0 Å². The maximum absolute atomic E-state index is 4.98. The zero-order valence-corrected chi connectivity index (χ0v) is 27.3. The fourth-order valence-corrected chi connectivity index (χ4v) is 7.68. The second kappa shape index (κ2) is 12.4. The predicted octanol–water partition coefficient (Wildman–Crippen LogP) is 12.2. The van der Waals surface area contributed by atoms with Crippen molar-refractivity contribution < 1.29 is 0 Å². The number of hydrogen-bond acceptors (Lipinski definition) is 4. The van der Waals surface area contributed by atoms with Gasteiger partial charge in [0.1, 0.15) is 0 Å². The number of benzene rings is 7. The Morgan fingerprint density at radius 2 is 0.735 bits per heavy atom. The van der Waals surface area contributed by atoms with Crippen LogP contribution in [0.5, 0.6) is 0 Å². The normalized spacial score (nSPS) is 11.3. The highest BCUT2D eigenvalue weighted by molar-refractivity contribution is 7.26. The summed E-state index contributed by atoms with van der Waals surface area (Å²) in [4.78, 5) is 14.8. The summed E-state index contributed by atoms with van der Waals surface area (Å²) in [7, 11) is 0. The first kappa shape index (κ1) is 29.0. The van der Waals surface area contributed by atoms with Gasteiger partial charge in [0.25, 0.3) is 0 Å². The van der Waals surface area contributed by atoms with Gasteiger partial charge in [-0.15, -0.1) is 11.3 Å². The minimum absolute atomic E-state index is 0.646. The van der Waals surface area contributed by atoms with Gasteiger partial charge in [-0.3, -0.25) is 0 Å². The Morgan fingerprint density at radius 3 is 1.39 bits per heavy atom. The van der Waals surface area contributed by atoms with Crippen LogP contribution in [0.25, 0.3) is 87.7 Å². The molecular weight excluding hydrogens is 615 g/mol. The first-order valence-electron chi connectivity index (χ1n) is 16.4. The molecule has 0 atom stereocenters. The van der Waals surface area contributed by atoms with E-state index in [0.29, 0.717) is 17.5 Å². The number of fused-ring (bicyclic) bond motifs is 3. The van der Waals surface area contributed by atoms with Crippen molar-refractivity contribution in [2.24, 2.45) is 0 Å². The molecule has 2 aromatic heterocycles. The largest absolute Gasteiger partial charge is 0.208 e.